The summed E-state index contributed by atoms with van der Waals surface area (Å²) in [5, 5.41) is 10.8. The van der Waals surface area contributed by atoms with Gasteiger partial charge in [-0.1, -0.05) is 30.3 Å². The van der Waals surface area contributed by atoms with Crippen LogP contribution in [0.25, 0.3) is 0 Å². The van der Waals surface area contributed by atoms with Crippen LogP contribution < -0.4 is 5.32 Å². The van der Waals surface area contributed by atoms with E-state index in [1.54, 1.807) is 24.3 Å². The van der Waals surface area contributed by atoms with Gasteiger partial charge >= 0.3 is 17.8 Å². The molecule has 9 heteroatoms. The average Bonchev–Trinajstić information content (AvgIpc) is 2.74. The van der Waals surface area contributed by atoms with Crippen molar-refractivity contribution in [1.29, 1.82) is 0 Å². The van der Waals surface area contributed by atoms with Crippen LogP contribution in [0.15, 0.2) is 54.6 Å². The summed E-state index contributed by atoms with van der Waals surface area (Å²) in [7, 11) is -3.35. The van der Waals surface area contributed by atoms with E-state index in [9.17, 15) is 22.8 Å². The van der Waals surface area contributed by atoms with Gasteiger partial charge in [-0.25, -0.2) is 13.2 Å². The summed E-state index contributed by atoms with van der Waals surface area (Å²) in [6.45, 7) is 0.367. The number of sulfone groups is 1. The first kappa shape index (κ1) is 21.5. The number of carbonyl (C=O) groups excluding carboxylic acids is 2. The Morgan fingerprint density at radius 3 is 2.13 bits per heavy atom. The Labute approximate surface area is 174 Å². The van der Waals surface area contributed by atoms with Crippen LogP contribution in [0.1, 0.15) is 28.8 Å². The van der Waals surface area contributed by atoms with Gasteiger partial charge in [0.1, 0.15) is 0 Å². The van der Waals surface area contributed by atoms with Gasteiger partial charge in [0.15, 0.2) is 9.84 Å². The maximum atomic E-state index is 12.7. The normalized spacial score (nSPS) is 14.9. The molecule has 0 aliphatic carbocycles. The molecule has 8 nitrogen and oxygen atoms in total. The fourth-order valence-corrected chi connectivity index (χ4v) is 5.19. The minimum Gasteiger partial charge on any atom is -0.478 e. The van der Waals surface area contributed by atoms with Gasteiger partial charge in [-0.15, -0.1) is 0 Å². The fraction of sp³-hybridized carbons (Fsp3) is 0.286. The average molecular weight is 430 g/mol. The zero-order chi connectivity index (χ0) is 21.7. The minimum absolute atomic E-state index is 0.0424. The summed E-state index contributed by atoms with van der Waals surface area (Å²) in [6, 6.07) is 14.4. The van der Waals surface area contributed by atoms with E-state index in [4.69, 9.17) is 5.11 Å². The molecule has 2 N–H and O–H groups in total. The van der Waals surface area contributed by atoms with Crippen molar-refractivity contribution in [3.8, 4) is 0 Å². The molecule has 0 atom stereocenters. The van der Waals surface area contributed by atoms with Gasteiger partial charge in [-0.05, 0) is 42.7 Å². The lowest BCUT2D eigenvalue weighted by Gasteiger charge is -2.31. The van der Waals surface area contributed by atoms with Crippen molar-refractivity contribution in [1.82, 2.24) is 4.90 Å². The molecule has 0 bridgehead atoms. The van der Waals surface area contributed by atoms with E-state index in [1.165, 1.54) is 29.2 Å². The molecule has 0 saturated carbocycles. The van der Waals surface area contributed by atoms with Crippen molar-refractivity contribution in [2.24, 2.45) is 0 Å². The summed E-state index contributed by atoms with van der Waals surface area (Å²) in [5.74, 6) is -2.71. The zero-order valence-electron chi connectivity index (χ0n) is 16.2. The van der Waals surface area contributed by atoms with Gasteiger partial charge in [0, 0.05) is 18.8 Å². The third-order valence-corrected chi connectivity index (χ3v) is 7.25. The van der Waals surface area contributed by atoms with Crippen molar-refractivity contribution in [2.45, 2.75) is 23.8 Å². The van der Waals surface area contributed by atoms with Crippen molar-refractivity contribution in [2.75, 3.05) is 18.4 Å². The summed E-state index contributed by atoms with van der Waals surface area (Å²) in [4.78, 5) is 36.8. The van der Waals surface area contributed by atoms with Crippen molar-refractivity contribution < 1.29 is 27.9 Å². The van der Waals surface area contributed by atoms with Gasteiger partial charge in [-0.2, -0.15) is 0 Å². The molecule has 1 saturated heterocycles. The monoisotopic (exact) mass is 430 g/mol. The molecule has 3 rings (SSSR count). The van der Waals surface area contributed by atoms with Crippen LogP contribution in [0.5, 0.6) is 0 Å². The number of aromatic carboxylic acids is 1. The summed E-state index contributed by atoms with van der Waals surface area (Å²) in [5.41, 5.74) is 1.10. The lowest BCUT2D eigenvalue weighted by atomic mass is 10.1. The van der Waals surface area contributed by atoms with Crippen molar-refractivity contribution >= 4 is 33.3 Å². The standard InChI is InChI=1S/C21H22N2O6S/c24-19(22-17-8-6-16(7-9-17)21(26)27)20(25)23-12-10-18(11-13-23)30(28,29)14-15-4-2-1-3-5-15/h1-9,18H,10-14H2,(H,22,24)(H,26,27). The Morgan fingerprint density at radius 1 is 0.967 bits per heavy atom. The number of carbonyl (C=O) groups is 3. The van der Waals surface area contributed by atoms with E-state index in [2.05, 4.69) is 5.32 Å². The predicted molar refractivity (Wildman–Crippen MR) is 111 cm³/mol. The number of benzene rings is 2. The second-order valence-corrected chi connectivity index (χ2v) is 9.40. The predicted octanol–water partition coefficient (Wildman–Crippen LogP) is 1.93. The van der Waals surface area contributed by atoms with Gasteiger partial charge < -0.3 is 15.3 Å². The third kappa shape index (κ3) is 5.24. The number of nitrogens with one attached hydrogen (secondary N) is 1. The maximum Gasteiger partial charge on any atom is 0.335 e. The Balaban J connectivity index is 1.54. The number of piperidine rings is 1. The number of nitrogens with zero attached hydrogens (tertiary/aromatic N) is 1. The van der Waals surface area contributed by atoms with Crippen LogP contribution in [0.3, 0.4) is 0 Å². The molecular weight excluding hydrogens is 408 g/mol. The van der Waals surface area contributed by atoms with Crippen LogP contribution in [0, 0.1) is 0 Å². The highest BCUT2D eigenvalue weighted by molar-refractivity contribution is 7.91. The van der Waals surface area contributed by atoms with E-state index in [-0.39, 0.29) is 37.2 Å². The molecule has 1 fully saturated rings. The SMILES string of the molecule is O=C(Nc1ccc(C(=O)O)cc1)C(=O)N1CCC(S(=O)(=O)Cc2ccccc2)CC1. The molecule has 1 aliphatic heterocycles. The number of carboxylic acids is 1. The van der Waals surface area contributed by atoms with Crippen molar-refractivity contribution in [3.05, 3.63) is 65.7 Å². The second kappa shape index (κ2) is 9.08. The van der Waals surface area contributed by atoms with Crippen LogP contribution in [0.2, 0.25) is 0 Å². The fourth-order valence-electron chi connectivity index (χ4n) is 3.37. The molecule has 0 radical (unpaired) electrons. The highest BCUT2D eigenvalue weighted by Gasteiger charge is 2.33. The molecule has 1 heterocycles. The Bertz CT molecular complexity index is 1030. The molecule has 0 aromatic heterocycles. The smallest absolute Gasteiger partial charge is 0.335 e. The van der Waals surface area contributed by atoms with Crippen LogP contribution >= 0.6 is 0 Å². The topological polar surface area (TPSA) is 121 Å². The largest absolute Gasteiger partial charge is 0.478 e. The lowest BCUT2D eigenvalue weighted by molar-refractivity contribution is -0.143. The Morgan fingerprint density at radius 2 is 1.57 bits per heavy atom. The molecule has 0 unspecified atom stereocenters. The number of amides is 2. The quantitative estimate of drug-likeness (QED) is 0.699. The highest BCUT2D eigenvalue weighted by Crippen LogP contribution is 2.22. The number of anilines is 1. The van der Waals surface area contributed by atoms with E-state index in [1.807, 2.05) is 6.07 Å². The molecule has 0 spiro atoms. The molecule has 1 aliphatic rings. The van der Waals surface area contributed by atoms with Gasteiger partial charge in [-0.3, -0.25) is 9.59 Å². The van der Waals surface area contributed by atoms with Crippen LogP contribution in [-0.2, 0) is 25.2 Å². The van der Waals surface area contributed by atoms with Gasteiger partial charge in [0.25, 0.3) is 0 Å². The van der Waals surface area contributed by atoms with E-state index < -0.39 is 32.9 Å². The number of likely N-dealkylation sites (tertiary alicyclic amines) is 1. The first-order valence-electron chi connectivity index (χ1n) is 9.45. The molecule has 2 aromatic rings. The maximum absolute atomic E-state index is 12.7. The summed E-state index contributed by atoms with van der Waals surface area (Å²) in [6.07, 6.45) is 0.559. The number of hydrogen-bond donors (Lipinski definition) is 2. The minimum atomic E-state index is -3.35. The third-order valence-electron chi connectivity index (χ3n) is 5.03. The lowest BCUT2D eigenvalue weighted by Crippen LogP contribution is -2.46. The second-order valence-electron chi connectivity index (χ2n) is 7.12. The number of rotatable bonds is 5. The molecule has 2 aromatic carbocycles. The van der Waals surface area contributed by atoms with Crippen LogP contribution in [-0.4, -0.2) is 54.5 Å². The Kier molecular flexibility index (Phi) is 6.51. The van der Waals surface area contributed by atoms with Gasteiger partial charge in [0.05, 0.1) is 16.6 Å². The molecular formula is C21H22N2O6S. The van der Waals surface area contributed by atoms with Crippen molar-refractivity contribution in [3.63, 3.8) is 0 Å². The number of hydrogen-bond acceptors (Lipinski definition) is 5. The van der Waals surface area contributed by atoms with Gasteiger partial charge in [0.2, 0.25) is 0 Å². The number of carboxylic acid groups (broad SMARTS) is 1. The highest BCUT2D eigenvalue weighted by atomic mass is 32.2. The summed E-state index contributed by atoms with van der Waals surface area (Å²) < 4.78 is 25.3. The van der Waals surface area contributed by atoms with E-state index in [0.717, 1.165) is 5.56 Å². The van der Waals surface area contributed by atoms with Crippen LogP contribution in [0.4, 0.5) is 5.69 Å². The van der Waals surface area contributed by atoms with E-state index >= 15 is 0 Å². The first-order chi connectivity index (χ1) is 14.3. The molecule has 30 heavy (non-hydrogen) atoms. The Hall–Kier alpha value is -3.20. The molecule has 2 amide bonds. The molecule has 158 valence electrons. The first-order valence-corrected chi connectivity index (χ1v) is 11.2. The zero-order valence-corrected chi connectivity index (χ0v) is 17.0. The van der Waals surface area contributed by atoms with E-state index in [0.29, 0.717) is 5.69 Å². The summed E-state index contributed by atoms with van der Waals surface area (Å²) >= 11 is 0.